The van der Waals surface area contributed by atoms with Crippen LogP contribution in [-0.2, 0) is 4.79 Å². The number of para-hydroxylation sites is 2. The van der Waals surface area contributed by atoms with Crippen LogP contribution in [0.1, 0.15) is 13.3 Å². The predicted octanol–water partition coefficient (Wildman–Crippen LogP) is 3.25. The average molecular weight is 310 g/mol. The number of anilines is 2. The highest BCUT2D eigenvalue weighted by atomic mass is 16.4. The molecule has 0 radical (unpaired) electrons. The lowest BCUT2D eigenvalue weighted by molar-refractivity contribution is -0.137. The molecule has 4 nitrogen and oxygen atoms in total. The molecule has 1 aliphatic rings. The summed E-state index contributed by atoms with van der Waals surface area (Å²) in [4.78, 5) is 15.9. The molecule has 2 atom stereocenters. The van der Waals surface area contributed by atoms with Crippen molar-refractivity contribution in [2.45, 2.75) is 25.4 Å². The summed E-state index contributed by atoms with van der Waals surface area (Å²) in [7, 11) is 0. The van der Waals surface area contributed by atoms with Crippen LogP contribution < -0.4 is 9.80 Å². The fourth-order valence-electron chi connectivity index (χ4n) is 3.46. The van der Waals surface area contributed by atoms with E-state index in [0.717, 1.165) is 24.5 Å². The highest BCUT2D eigenvalue weighted by Crippen LogP contribution is 2.28. The van der Waals surface area contributed by atoms with Gasteiger partial charge in [0.2, 0.25) is 0 Å². The van der Waals surface area contributed by atoms with Crippen molar-refractivity contribution in [1.82, 2.24) is 0 Å². The molecule has 0 aromatic heterocycles. The van der Waals surface area contributed by atoms with E-state index in [1.807, 2.05) is 36.4 Å². The zero-order valence-corrected chi connectivity index (χ0v) is 13.3. The largest absolute Gasteiger partial charge is 0.481 e. The standard InChI is InChI=1S/C19H22N2O2/c1-15-13-20(16-8-4-2-5-9-16)14-18(12-19(22)23)21(15)17-10-6-3-7-11-17/h2-11,15,18H,12-14H2,1H3,(H,22,23)/t15-,18-/m0/s1. The van der Waals surface area contributed by atoms with Gasteiger partial charge in [-0.2, -0.15) is 0 Å². The first kappa shape index (κ1) is 15.4. The molecule has 1 aliphatic heterocycles. The highest BCUT2D eigenvalue weighted by molar-refractivity contribution is 5.69. The van der Waals surface area contributed by atoms with E-state index in [2.05, 4.69) is 41.0 Å². The van der Waals surface area contributed by atoms with Crippen LogP contribution in [0.15, 0.2) is 60.7 Å². The number of piperazine rings is 1. The Morgan fingerprint density at radius 2 is 1.57 bits per heavy atom. The van der Waals surface area contributed by atoms with Crippen LogP contribution in [0.2, 0.25) is 0 Å². The Labute approximate surface area is 137 Å². The van der Waals surface area contributed by atoms with Crippen LogP contribution >= 0.6 is 0 Å². The number of hydrogen-bond donors (Lipinski definition) is 1. The van der Waals surface area contributed by atoms with Crippen molar-refractivity contribution in [2.24, 2.45) is 0 Å². The summed E-state index contributed by atoms with van der Waals surface area (Å²) in [6, 6.07) is 20.5. The van der Waals surface area contributed by atoms with Gasteiger partial charge in [-0.3, -0.25) is 4.79 Å². The van der Waals surface area contributed by atoms with Gasteiger partial charge >= 0.3 is 5.97 Å². The number of nitrogens with zero attached hydrogens (tertiary/aromatic N) is 2. The monoisotopic (exact) mass is 310 g/mol. The summed E-state index contributed by atoms with van der Waals surface area (Å²) in [6.07, 6.45) is 0.141. The number of carbonyl (C=O) groups is 1. The van der Waals surface area contributed by atoms with Gasteiger partial charge in [-0.15, -0.1) is 0 Å². The lowest BCUT2D eigenvalue weighted by Gasteiger charge is -2.47. The molecular weight excluding hydrogens is 288 g/mol. The third kappa shape index (κ3) is 3.47. The maximum atomic E-state index is 11.3. The van der Waals surface area contributed by atoms with E-state index in [1.165, 1.54) is 0 Å². The summed E-state index contributed by atoms with van der Waals surface area (Å²) in [6.45, 7) is 3.77. The van der Waals surface area contributed by atoms with Crippen LogP contribution in [0.3, 0.4) is 0 Å². The Morgan fingerprint density at radius 3 is 2.13 bits per heavy atom. The lowest BCUT2D eigenvalue weighted by Crippen LogP contribution is -2.58. The molecule has 3 rings (SSSR count). The van der Waals surface area contributed by atoms with E-state index in [0.29, 0.717) is 0 Å². The first-order chi connectivity index (χ1) is 11.1. The van der Waals surface area contributed by atoms with E-state index in [4.69, 9.17) is 0 Å². The van der Waals surface area contributed by atoms with Gasteiger partial charge in [0.1, 0.15) is 0 Å². The molecule has 120 valence electrons. The number of rotatable bonds is 4. The zero-order chi connectivity index (χ0) is 16.2. The van der Waals surface area contributed by atoms with Crippen LogP contribution in [0.25, 0.3) is 0 Å². The van der Waals surface area contributed by atoms with Gasteiger partial charge in [0.15, 0.2) is 0 Å². The van der Waals surface area contributed by atoms with Crippen LogP contribution in [0.4, 0.5) is 11.4 Å². The smallest absolute Gasteiger partial charge is 0.305 e. The van der Waals surface area contributed by atoms with E-state index in [9.17, 15) is 9.90 Å². The molecule has 1 heterocycles. The molecule has 4 heteroatoms. The number of hydrogen-bond acceptors (Lipinski definition) is 3. The molecule has 1 saturated heterocycles. The van der Waals surface area contributed by atoms with Crippen LogP contribution in [0.5, 0.6) is 0 Å². The molecule has 0 spiro atoms. The maximum absolute atomic E-state index is 11.3. The minimum atomic E-state index is -0.752. The van der Waals surface area contributed by atoms with Crippen LogP contribution in [-0.4, -0.2) is 36.2 Å². The fourth-order valence-corrected chi connectivity index (χ4v) is 3.46. The number of aliphatic carboxylic acids is 1. The Morgan fingerprint density at radius 1 is 1.00 bits per heavy atom. The van der Waals surface area contributed by atoms with Gasteiger partial charge in [0, 0.05) is 30.5 Å². The summed E-state index contributed by atoms with van der Waals surface area (Å²) < 4.78 is 0. The quantitative estimate of drug-likeness (QED) is 0.941. The molecule has 23 heavy (non-hydrogen) atoms. The zero-order valence-electron chi connectivity index (χ0n) is 13.3. The average Bonchev–Trinajstić information content (AvgIpc) is 2.55. The van der Waals surface area contributed by atoms with Gasteiger partial charge in [-0.25, -0.2) is 0 Å². The Balaban J connectivity index is 1.88. The summed E-state index contributed by atoms with van der Waals surface area (Å²) in [5.74, 6) is -0.752. The third-order valence-corrected chi connectivity index (χ3v) is 4.37. The van der Waals surface area contributed by atoms with E-state index < -0.39 is 5.97 Å². The van der Waals surface area contributed by atoms with Crippen molar-refractivity contribution in [2.75, 3.05) is 22.9 Å². The van der Waals surface area contributed by atoms with E-state index in [-0.39, 0.29) is 18.5 Å². The van der Waals surface area contributed by atoms with Gasteiger partial charge in [-0.05, 0) is 31.2 Å². The molecule has 1 N–H and O–H groups in total. The molecule has 0 aliphatic carbocycles. The molecule has 2 aromatic carbocycles. The van der Waals surface area contributed by atoms with Crippen LogP contribution in [0, 0.1) is 0 Å². The Hall–Kier alpha value is -2.49. The summed E-state index contributed by atoms with van der Waals surface area (Å²) in [5, 5.41) is 9.33. The van der Waals surface area contributed by atoms with Crippen molar-refractivity contribution in [3.8, 4) is 0 Å². The lowest BCUT2D eigenvalue weighted by atomic mass is 10.0. The second-order valence-corrected chi connectivity index (χ2v) is 6.08. The Kier molecular flexibility index (Phi) is 4.51. The maximum Gasteiger partial charge on any atom is 0.305 e. The number of benzene rings is 2. The first-order valence-corrected chi connectivity index (χ1v) is 8.00. The van der Waals surface area contributed by atoms with Gasteiger partial charge < -0.3 is 14.9 Å². The van der Waals surface area contributed by atoms with Crippen molar-refractivity contribution in [3.05, 3.63) is 60.7 Å². The molecule has 0 amide bonds. The summed E-state index contributed by atoms with van der Waals surface area (Å²) in [5.41, 5.74) is 2.25. The molecule has 0 saturated carbocycles. The van der Waals surface area contributed by atoms with Crippen molar-refractivity contribution in [3.63, 3.8) is 0 Å². The molecule has 1 fully saturated rings. The van der Waals surface area contributed by atoms with Gasteiger partial charge in [-0.1, -0.05) is 36.4 Å². The predicted molar refractivity (Wildman–Crippen MR) is 93.1 cm³/mol. The van der Waals surface area contributed by atoms with E-state index in [1.54, 1.807) is 0 Å². The highest BCUT2D eigenvalue weighted by Gasteiger charge is 2.33. The van der Waals surface area contributed by atoms with Crippen molar-refractivity contribution >= 4 is 17.3 Å². The Bertz CT molecular complexity index is 645. The fraction of sp³-hybridized carbons (Fsp3) is 0.316. The second-order valence-electron chi connectivity index (χ2n) is 6.08. The third-order valence-electron chi connectivity index (χ3n) is 4.37. The minimum Gasteiger partial charge on any atom is -0.481 e. The van der Waals surface area contributed by atoms with E-state index >= 15 is 0 Å². The normalized spacial score (nSPS) is 21.3. The molecule has 0 bridgehead atoms. The van der Waals surface area contributed by atoms with Gasteiger partial charge in [0.25, 0.3) is 0 Å². The second kappa shape index (κ2) is 6.73. The number of carboxylic acid groups (broad SMARTS) is 1. The molecule has 2 aromatic rings. The SMILES string of the molecule is C[C@H]1CN(c2ccccc2)C[C@H](CC(=O)O)N1c1ccccc1. The summed E-state index contributed by atoms with van der Waals surface area (Å²) >= 11 is 0. The van der Waals surface area contributed by atoms with Crippen molar-refractivity contribution < 1.29 is 9.90 Å². The topological polar surface area (TPSA) is 43.8 Å². The minimum absolute atomic E-state index is 0.0427. The molecule has 0 unspecified atom stereocenters. The molecular formula is C19H22N2O2. The van der Waals surface area contributed by atoms with Crippen molar-refractivity contribution in [1.29, 1.82) is 0 Å². The number of carboxylic acids is 1. The van der Waals surface area contributed by atoms with Gasteiger partial charge in [0.05, 0.1) is 12.5 Å². The first-order valence-electron chi connectivity index (χ1n) is 8.00.